The van der Waals surface area contributed by atoms with Crippen LogP contribution in [0, 0.1) is 5.82 Å². The lowest BCUT2D eigenvalue weighted by Crippen LogP contribution is -1.87. The van der Waals surface area contributed by atoms with Crippen LogP contribution in [0.3, 0.4) is 0 Å². The first-order chi connectivity index (χ1) is 4.79. The number of rotatable bonds is 2. The summed E-state index contributed by atoms with van der Waals surface area (Å²) in [5, 5.41) is 4.55. The van der Waals surface area contributed by atoms with Gasteiger partial charge in [-0.2, -0.15) is 0 Å². The Bertz CT molecular complexity index is 200. The van der Waals surface area contributed by atoms with Crippen molar-refractivity contribution in [1.82, 2.24) is 0 Å². The third-order valence-electron chi connectivity index (χ3n) is 1.15. The summed E-state index contributed by atoms with van der Waals surface area (Å²) in [6.07, 6.45) is 1.87. The molecule has 0 amide bonds. The molecular weight excluding hydrogens is 169 g/mol. The number of thioether (sulfide) groups is 1. The van der Waals surface area contributed by atoms with Gasteiger partial charge in [0.05, 0.1) is 9.90 Å². The summed E-state index contributed by atoms with van der Waals surface area (Å²) in [4.78, 5) is 0. The third-order valence-corrected chi connectivity index (χ3v) is 3.24. The van der Waals surface area contributed by atoms with Crippen LogP contribution in [0.5, 0.6) is 0 Å². The summed E-state index contributed by atoms with van der Waals surface area (Å²) >= 11 is 2.86. The molecule has 1 N–H and O–H groups in total. The summed E-state index contributed by atoms with van der Waals surface area (Å²) < 4.78 is 13.7. The predicted molar refractivity (Wildman–Crippen MR) is 45.6 cm³/mol. The van der Waals surface area contributed by atoms with Crippen molar-refractivity contribution in [3.05, 3.63) is 11.2 Å². The average molecular weight is 177 g/mol. The van der Waals surface area contributed by atoms with Gasteiger partial charge in [0.1, 0.15) is 0 Å². The van der Waals surface area contributed by atoms with Gasteiger partial charge in [0.15, 0.2) is 5.82 Å². The maximum absolute atomic E-state index is 13.0. The second-order valence-electron chi connectivity index (χ2n) is 1.70. The predicted octanol–water partition coefficient (Wildman–Crippen LogP) is 2.65. The number of thiophene rings is 1. The minimum absolute atomic E-state index is 0.125. The van der Waals surface area contributed by atoms with E-state index in [1.807, 2.05) is 6.26 Å². The zero-order valence-corrected chi connectivity index (χ0v) is 7.40. The zero-order valence-electron chi connectivity index (χ0n) is 5.77. The van der Waals surface area contributed by atoms with Crippen LogP contribution < -0.4 is 5.32 Å². The Hall–Kier alpha value is -0.220. The molecule has 0 saturated carbocycles. The van der Waals surface area contributed by atoms with Gasteiger partial charge in [-0.25, -0.2) is 4.39 Å². The number of anilines is 1. The molecule has 0 fully saturated rings. The molecule has 56 valence electrons. The fourth-order valence-electron chi connectivity index (χ4n) is 0.632. The number of hydrogen-bond donors (Lipinski definition) is 1. The number of halogens is 1. The van der Waals surface area contributed by atoms with E-state index < -0.39 is 0 Å². The second-order valence-corrected chi connectivity index (χ2v) is 3.66. The molecule has 0 aliphatic carbocycles. The lowest BCUT2D eigenvalue weighted by molar-refractivity contribution is 0.616. The van der Waals surface area contributed by atoms with Crippen LogP contribution in [-0.4, -0.2) is 13.3 Å². The smallest absolute Gasteiger partial charge is 0.170 e. The lowest BCUT2D eigenvalue weighted by atomic mass is 10.5. The molecular formula is C6H8FNS2. The second kappa shape index (κ2) is 3.25. The van der Waals surface area contributed by atoms with Gasteiger partial charge in [-0.15, -0.1) is 23.1 Å². The van der Waals surface area contributed by atoms with Crippen molar-refractivity contribution in [2.45, 2.75) is 4.21 Å². The maximum Gasteiger partial charge on any atom is 0.170 e. The normalized spacial score (nSPS) is 9.90. The van der Waals surface area contributed by atoms with Gasteiger partial charge < -0.3 is 5.32 Å². The third kappa shape index (κ3) is 1.27. The molecule has 0 aliphatic heterocycles. The molecule has 0 aromatic carbocycles. The molecule has 1 nitrogen and oxygen atoms in total. The summed E-state index contributed by atoms with van der Waals surface area (Å²) in [5.41, 5.74) is 0.592. The van der Waals surface area contributed by atoms with Gasteiger partial charge in [0, 0.05) is 12.4 Å². The van der Waals surface area contributed by atoms with Crippen molar-refractivity contribution < 1.29 is 4.39 Å². The van der Waals surface area contributed by atoms with E-state index in [0.717, 1.165) is 4.21 Å². The van der Waals surface area contributed by atoms with Crippen LogP contribution >= 0.6 is 23.1 Å². The number of hydrogen-bond acceptors (Lipinski definition) is 3. The summed E-state index contributed by atoms with van der Waals surface area (Å²) in [6, 6.07) is 0. The Morgan fingerprint density at radius 2 is 2.40 bits per heavy atom. The largest absolute Gasteiger partial charge is 0.385 e. The fourth-order valence-corrected chi connectivity index (χ4v) is 2.11. The van der Waals surface area contributed by atoms with Crippen LogP contribution in [0.4, 0.5) is 10.1 Å². The van der Waals surface area contributed by atoms with Crippen LogP contribution in [0.1, 0.15) is 0 Å². The molecule has 0 radical (unpaired) electrons. The number of nitrogens with one attached hydrogen (secondary N) is 1. The van der Waals surface area contributed by atoms with Gasteiger partial charge >= 0.3 is 0 Å². The van der Waals surface area contributed by atoms with Crippen molar-refractivity contribution in [2.75, 3.05) is 18.6 Å². The first kappa shape index (κ1) is 7.88. The molecule has 0 unspecified atom stereocenters. The highest BCUT2D eigenvalue weighted by Gasteiger charge is 2.07. The minimum Gasteiger partial charge on any atom is -0.385 e. The van der Waals surface area contributed by atoms with E-state index >= 15 is 0 Å². The molecule has 1 heterocycles. The monoisotopic (exact) mass is 177 g/mol. The van der Waals surface area contributed by atoms with Gasteiger partial charge in [-0.3, -0.25) is 0 Å². The van der Waals surface area contributed by atoms with E-state index in [0.29, 0.717) is 5.69 Å². The molecule has 0 atom stereocenters. The fraction of sp³-hybridized carbons (Fsp3) is 0.333. The van der Waals surface area contributed by atoms with Crippen molar-refractivity contribution in [3.8, 4) is 0 Å². The van der Waals surface area contributed by atoms with E-state index in [-0.39, 0.29) is 5.82 Å². The van der Waals surface area contributed by atoms with Crippen LogP contribution in [0.15, 0.2) is 9.59 Å². The minimum atomic E-state index is -0.125. The molecule has 10 heavy (non-hydrogen) atoms. The standard InChI is InChI=1S/C6H8FNS2/c1-8-4-3-10-6(9-2)5(4)7/h3,8H,1-2H3. The van der Waals surface area contributed by atoms with Crippen molar-refractivity contribution in [3.63, 3.8) is 0 Å². The van der Waals surface area contributed by atoms with Gasteiger partial charge in [0.25, 0.3) is 0 Å². The molecule has 1 aromatic heterocycles. The highest BCUT2D eigenvalue weighted by molar-refractivity contribution is 8.00. The molecule has 0 spiro atoms. The summed E-state index contributed by atoms with van der Waals surface area (Å²) in [6.45, 7) is 0. The quantitative estimate of drug-likeness (QED) is 0.697. The molecule has 1 aromatic rings. The van der Waals surface area contributed by atoms with Crippen molar-refractivity contribution in [2.24, 2.45) is 0 Å². The van der Waals surface area contributed by atoms with Gasteiger partial charge in [-0.05, 0) is 6.26 Å². The van der Waals surface area contributed by atoms with Crippen LogP contribution in [0.2, 0.25) is 0 Å². The maximum atomic E-state index is 13.0. The highest BCUT2D eigenvalue weighted by atomic mass is 32.2. The van der Waals surface area contributed by atoms with Crippen molar-refractivity contribution in [1.29, 1.82) is 0 Å². The zero-order chi connectivity index (χ0) is 7.56. The Morgan fingerprint density at radius 1 is 1.70 bits per heavy atom. The van der Waals surface area contributed by atoms with E-state index in [1.165, 1.54) is 23.1 Å². The van der Waals surface area contributed by atoms with Gasteiger partial charge in [-0.1, -0.05) is 0 Å². The Kier molecular flexibility index (Phi) is 2.56. The first-order valence-electron chi connectivity index (χ1n) is 2.78. The molecule has 0 aliphatic rings. The first-order valence-corrected chi connectivity index (χ1v) is 4.88. The molecule has 4 heteroatoms. The topological polar surface area (TPSA) is 12.0 Å². The van der Waals surface area contributed by atoms with E-state index in [9.17, 15) is 4.39 Å². The Labute approximate surface area is 67.6 Å². The Balaban J connectivity index is 2.97. The van der Waals surface area contributed by atoms with Crippen LogP contribution in [-0.2, 0) is 0 Å². The van der Waals surface area contributed by atoms with E-state index in [2.05, 4.69) is 5.32 Å². The lowest BCUT2D eigenvalue weighted by Gasteiger charge is -1.93. The average Bonchev–Trinajstić information content (AvgIpc) is 2.30. The molecule has 1 rings (SSSR count). The molecule has 0 saturated heterocycles. The van der Waals surface area contributed by atoms with E-state index in [4.69, 9.17) is 0 Å². The summed E-state index contributed by atoms with van der Waals surface area (Å²) in [5.74, 6) is -0.125. The summed E-state index contributed by atoms with van der Waals surface area (Å²) in [7, 11) is 1.72. The molecule has 0 bridgehead atoms. The van der Waals surface area contributed by atoms with Crippen LogP contribution in [0.25, 0.3) is 0 Å². The Morgan fingerprint density at radius 3 is 2.70 bits per heavy atom. The highest BCUT2D eigenvalue weighted by Crippen LogP contribution is 2.31. The van der Waals surface area contributed by atoms with Crippen molar-refractivity contribution >= 4 is 28.8 Å². The van der Waals surface area contributed by atoms with Gasteiger partial charge in [0.2, 0.25) is 0 Å². The van der Waals surface area contributed by atoms with E-state index in [1.54, 1.807) is 12.4 Å². The SMILES string of the molecule is CNc1csc(SC)c1F.